The van der Waals surface area contributed by atoms with E-state index < -0.39 is 0 Å². The van der Waals surface area contributed by atoms with Crippen LogP contribution in [0.2, 0.25) is 0 Å². The van der Waals surface area contributed by atoms with E-state index in [-0.39, 0.29) is 6.04 Å². The van der Waals surface area contributed by atoms with E-state index in [4.69, 9.17) is 11.0 Å². The number of nitriles is 1. The number of para-hydroxylation sites is 1. The molecule has 20 heavy (non-hydrogen) atoms. The highest BCUT2D eigenvalue weighted by atomic mass is 14.8. The molecule has 0 aliphatic carbocycles. The number of benzene rings is 2. The number of H-pyrrole nitrogens is 1. The highest BCUT2D eigenvalue weighted by Crippen LogP contribution is 2.22. The maximum atomic E-state index is 7.32. The van der Waals surface area contributed by atoms with Crippen molar-refractivity contribution in [2.24, 2.45) is 5.73 Å². The Morgan fingerprint density at radius 3 is 2.30 bits per heavy atom. The molecule has 0 amide bonds. The summed E-state index contributed by atoms with van der Waals surface area (Å²) >= 11 is 0. The summed E-state index contributed by atoms with van der Waals surface area (Å²) < 4.78 is 0. The Morgan fingerprint density at radius 1 is 1.05 bits per heavy atom. The molecule has 0 radical (unpaired) electrons. The molecule has 3 rings (SSSR count). The van der Waals surface area contributed by atoms with Gasteiger partial charge in [-0.2, -0.15) is 5.26 Å². The van der Waals surface area contributed by atoms with Crippen LogP contribution in [0.5, 0.6) is 0 Å². The summed E-state index contributed by atoms with van der Waals surface area (Å²) in [5.74, 6) is 0. The Hall–Kier alpha value is -2.57. The van der Waals surface area contributed by atoms with Crippen LogP contribution in [0.4, 0.5) is 0 Å². The zero-order valence-corrected chi connectivity index (χ0v) is 11.4. The Labute approximate surface area is 118 Å². The van der Waals surface area contributed by atoms with Crippen molar-refractivity contribution in [2.45, 2.75) is 13.0 Å². The number of hydrogen-bond acceptors (Lipinski definition) is 2. The van der Waals surface area contributed by atoms with Gasteiger partial charge in [-0.25, -0.2) is 0 Å². The van der Waals surface area contributed by atoms with Gasteiger partial charge in [0, 0.05) is 18.1 Å². The first-order chi connectivity index (χ1) is 9.76. The van der Waals surface area contributed by atoms with Gasteiger partial charge < -0.3 is 10.7 Å². The summed E-state index contributed by atoms with van der Waals surface area (Å²) in [6.07, 6.45) is 0. The fraction of sp³-hybridized carbons (Fsp3) is 0.118. The molecule has 2 aromatic carbocycles. The van der Waals surface area contributed by atoms with E-state index in [0.29, 0.717) is 0 Å². The lowest BCUT2D eigenvalue weighted by Gasteiger charge is -2.09. The van der Waals surface area contributed by atoms with Gasteiger partial charge in [0.05, 0.1) is 12.1 Å². The van der Waals surface area contributed by atoms with E-state index in [1.54, 1.807) is 6.07 Å². The molecule has 0 saturated carbocycles. The van der Waals surface area contributed by atoms with E-state index in [9.17, 15) is 0 Å². The SMILES string of the molecule is CC#N.NC(c1ccccc1)c1cc2ccccc2[nH]1. The monoisotopic (exact) mass is 263 g/mol. The van der Waals surface area contributed by atoms with Crippen molar-refractivity contribution in [3.63, 3.8) is 0 Å². The normalized spacial score (nSPS) is 11.2. The van der Waals surface area contributed by atoms with Crippen LogP contribution >= 0.6 is 0 Å². The third-order valence-corrected chi connectivity index (χ3v) is 3.04. The second-order valence-corrected chi connectivity index (χ2v) is 4.42. The third kappa shape index (κ3) is 3.05. The van der Waals surface area contributed by atoms with Gasteiger partial charge in [0.2, 0.25) is 0 Å². The van der Waals surface area contributed by atoms with Gasteiger partial charge >= 0.3 is 0 Å². The number of aromatic nitrogens is 1. The fourth-order valence-electron chi connectivity index (χ4n) is 2.10. The van der Waals surface area contributed by atoms with E-state index in [1.165, 1.54) is 12.3 Å². The Kier molecular flexibility index (Phi) is 4.54. The number of aromatic amines is 1. The van der Waals surface area contributed by atoms with E-state index in [0.717, 1.165) is 16.8 Å². The lowest BCUT2D eigenvalue weighted by atomic mass is 10.1. The number of nitrogens with zero attached hydrogens (tertiary/aromatic N) is 1. The quantitative estimate of drug-likeness (QED) is 0.739. The summed E-state index contributed by atoms with van der Waals surface area (Å²) in [6.45, 7) is 1.43. The van der Waals surface area contributed by atoms with Gasteiger partial charge in [0.25, 0.3) is 0 Å². The molecule has 3 N–H and O–H groups in total. The predicted molar refractivity (Wildman–Crippen MR) is 82.1 cm³/mol. The van der Waals surface area contributed by atoms with Gasteiger partial charge in [-0.05, 0) is 23.1 Å². The average Bonchev–Trinajstić information content (AvgIpc) is 2.92. The largest absolute Gasteiger partial charge is 0.357 e. The molecule has 0 saturated heterocycles. The first-order valence-corrected chi connectivity index (χ1v) is 6.45. The van der Waals surface area contributed by atoms with Crippen LogP contribution in [0.25, 0.3) is 10.9 Å². The number of hydrogen-bond donors (Lipinski definition) is 2. The van der Waals surface area contributed by atoms with Crippen molar-refractivity contribution in [1.82, 2.24) is 4.98 Å². The molecule has 1 atom stereocenters. The van der Waals surface area contributed by atoms with Gasteiger partial charge in [-0.3, -0.25) is 0 Å². The van der Waals surface area contributed by atoms with Crippen molar-refractivity contribution in [2.75, 3.05) is 0 Å². The molecule has 3 aromatic rings. The number of fused-ring (bicyclic) bond motifs is 1. The van der Waals surface area contributed by atoms with Crippen LogP contribution in [0.15, 0.2) is 60.7 Å². The van der Waals surface area contributed by atoms with Crippen molar-refractivity contribution in [3.05, 3.63) is 71.9 Å². The molecule has 3 nitrogen and oxygen atoms in total. The third-order valence-electron chi connectivity index (χ3n) is 3.04. The van der Waals surface area contributed by atoms with Crippen LogP contribution in [0.3, 0.4) is 0 Å². The second-order valence-electron chi connectivity index (χ2n) is 4.42. The lowest BCUT2D eigenvalue weighted by Crippen LogP contribution is -2.11. The molecule has 0 aliphatic heterocycles. The molecule has 0 spiro atoms. The molecule has 3 heteroatoms. The summed E-state index contributed by atoms with van der Waals surface area (Å²) in [5.41, 5.74) is 9.56. The van der Waals surface area contributed by atoms with Crippen molar-refractivity contribution >= 4 is 10.9 Å². The summed E-state index contributed by atoms with van der Waals surface area (Å²) in [6, 6.07) is 22.1. The molecule has 0 bridgehead atoms. The van der Waals surface area contributed by atoms with Gasteiger partial charge in [0.15, 0.2) is 0 Å². The first-order valence-electron chi connectivity index (χ1n) is 6.45. The Bertz CT molecular complexity index is 675. The molecule has 100 valence electrons. The highest BCUT2D eigenvalue weighted by molar-refractivity contribution is 5.80. The van der Waals surface area contributed by atoms with Crippen LogP contribution in [-0.2, 0) is 0 Å². The van der Waals surface area contributed by atoms with Gasteiger partial charge in [-0.1, -0.05) is 48.5 Å². The van der Waals surface area contributed by atoms with Gasteiger partial charge in [-0.15, -0.1) is 0 Å². The number of rotatable bonds is 2. The van der Waals surface area contributed by atoms with Crippen LogP contribution in [0.1, 0.15) is 24.2 Å². The van der Waals surface area contributed by atoms with Crippen LogP contribution in [0, 0.1) is 11.3 Å². The number of nitrogens with one attached hydrogen (secondary N) is 1. The molecular weight excluding hydrogens is 246 g/mol. The van der Waals surface area contributed by atoms with E-state index in [1.807, 2.05) is 30.3 Å². The van der Waals surface area contributed by atoms with Crippen LogP contribution < -0.4 is 5.73 Å². The molecule has 0 fully saturated rings. The second kappa shape index (κ2) is 6.55. The summed E-state index contributed by atoms with van der Waals surface area (Å²) in [5, 5.41) is 8.52. The maximum Gasteiger partial charge on any atom is 0.0704 e. The first kappa shape index (κ1) is 13.9. The molecule has 0 aliphatic rings. The van der Waals surface area contributed by atoms with Crippen LogP contribution in [-0.4, -0.2) is 4.98 Å². The summed E-state index contributed by atoms with van der Waals surface area (Å²) in [7, 11) is 0. The minimum absolute atomic E-state index is 0.0939. The average molecular weight is 263 g/mol. The summed E-state index contributed by atoms with van der Waals surface area (Å²) in [4.78, 5) is 3.37. The van der Waals surface area contributed by atoms with Crippen molar-refractivity contribution in [1.29, 1.82) is 5.26 Å². The molecule has 1 heterocycles. The Balaban J connectivity index is 0.000000452. The smallest absolute Gasteiger partial charge is 0.0704 e. The predicted octanol–water partition coefficient (Wildman–Crippen LogP) is 3.75. The number of nitrogens with two attached hydrogens (primary N) is 1. The zero-order valence-electron chi connectivity index (χ0n) is 11.4. The zero-order chi connectivity index (χ0) is 14.4. The lowest BCUT2D eigenvalue weighted by molar-refractivity contribution is 0.842. The van der Waals surface area contributed by atoms with Gasteiger partial charge in [0.1, 0.15) is 0 Å². The topological polar surface area (TPSA) is 65.6 Å². The Morgan fingerprint density at radius 2 is 1.65 bits per heavy atom. The molecule has 1 unspecified atom stereocenters. The minimum atomic E-state index is -0.0939. The van der Waals surface area contributed by atoms with Crippen molar-refractivity contribution in [3.8, 4) is 6.07 Å². The van der Waals surface area contributed by atoms with Crippen molar-refractivity contribution < 1.29 is 0 Å². The maximum absolute atomic E-state index is 7.32. The molecular formula is C17H17N3. The highest BCUT2D eigenvalue weighted by Gasteiger charge is 2.10. The van der Waals surface area contributed by atoms with E-state index >= 15 is 0 Å². The standard InChI is InChI=1S/C15H14N2.C2H3N/c16-15(11-6-2-1-3-7-11)14-10-12-8-4-5-9-13(12)17-14;1-2-3/h1-10,15,17H,16H2;1H3. The van der Waals surface area contributed by atoms with E-state index in [2.05, 4.69) is 35.3 Å². The molecule has 1 aromatic heterocycles. The fourth-order valence-corrected chi connectivity index (χ4v) is 2.10. The minimum Gasteiger partial charge on any atom is -0.357 e.